The summed E-state index contributed by atoms with van der Waals surface area (Å²) in [7, 11) is 0. The minimum absolute atomic E-state index is 0.200. The Morgan fingerprint density at radius 1 is 1.40 bits per heavy atom. The Morgan fingerprint density at radius 3 is 3.10 bits per heavy atom. The minimum Gasteiger partial charge on any atom is -0.376 e. The Morgan fingerprint density at radius 2 is 2.25 bits per heavy atom. The van der Waals surface area contributed by atoms with Crippen molar-refractivity contribution in [2.45, 2.75) is 32.5 Å². The zero-order valence-corrected chi connectivity index (χ0v) is 11.8. The molecule has 3 nitrogen and oxygen atoms in total. The molecule has 2 unspecified atom stereocenters. The van der Waals surface area contributed by atoms with Crippen LogP contribution in [-0.2, 0) is 11.3 Å². The van der Waals surface area contributed by atoms with Crippen LogP contribution in [0.4, 0.5) is 4.39 Å². The minimum atomic E-state index is -0.200. The van der Waals surface area contributed by atoms with E-state index in [9.17, 15) is 4.39 Å². The van der Waals surface area contributed by atoms with Crippen molar-refractivity contribution in [1.82, 2.24) is 9.88 Å². The Balaban J connectivity index is 1.93. The maximum Gasteiger partial charge on any atom is 0.124 e. The van der Waals surface area contributed by atoms with Gasteiger partial charge < -0.3 is 4.74 Å². The summed E-state index contributed by atoms with van der Waals surface area (Å²) in [5, 5.41) is 0.858. The van der Waals surface area contributed by atoms with Crippen molar-refractivity contribution < 1.29 is 9.13 Å². The Kier molecular flexibility index (Phi) is 3.68. The fourth-order valence-corrected chi connectivity index (χ4v) is 2.76. The first-order valence-corrected chi connectivity index (χ1v) is 7.02. The number of benzene rings is 1. The Hall–Kier alpha value is -1.52. The van der Waals surface area contributed by atoms with Gasteiger partial charge in [0.1, 0.15) is 5.82 Å². The lowest BCUT2D eigenvalue weighted by molar-refractivity contribution is -0.0525. The van der Waals surface area contributed by atoms with E-state index in [1.54, 1.807) is 12.3 Å². The molecule has 1 fully saturated rings. The predicted molar refractivity (Wildman–Crippen MR) is 77.0 cm³/mol. The van der Waals surface area contributed by atoms with Crippen LogP contribution in [0.1, 0.15) is 19.4 Å². The van der Waals surface area contributed by atoms with Gasteiger partial charge in [-0.2, -0.15) is 0 Å². The normalized spacial score (nSPS) is 24.1. The fourth-order valence-electron chi connectivity index (χ4n) is 2.76. The topological polar surface area (TPSA) is 25.4 Å². The van der Waals surface area contributed by atoms with Gasteiger partial charge in [0.05, 0.1) is 18.2 Å². The van der Waals surface area contributed by atoms with Crippen molar-refractivity contribution in [2.75, 3.05) is 13.2 Å². The van der Waals surface area contributed by atoms with Crippen molar-refractivity contribution in [3.8, 4) is 0 Å². The maximum atomic E-state index is 13.8. The van der Waals surface area contributed by atoms with Crippen LogP contribution in [0.5, 0.6) is 0 Å². The van der Waals surface area contributed by atoms with Gasteiger partial charge in [-0.3, -0.25) is 9.88 Å². The largest absolute Gasteiger partial charge is 0.376 e. The number of morpholine rings is 1. The molecule has 20 heavy (non-hydrogen) atoms. The van der Waals surface area contributed by atoms with Crippen LogP contribution in [0.15, 0.2) is 30.5 Å². The first-order chi connectivity index (χ1) is 9.63. The summed E-state index contributed by atoms with van der Waals surface area (Å²) in [6.07, 6.45) is 1.98. The van der Waals surface area contributed by atoms with Gasteiger partial charge in [0.25, 0.3) is 0 Å². The number of ether oxygens (including phenoxy) is 1. The third kappa shape index (κ3) is 2.67. The van der Waals surface area contributed by atoms with Crippen LogP contribution in [0.3, 0.4) is 0 Å². The lowest BCUT2D eigenvalue weighted by atomic mass is 10.1. The average Bonchev–Trinajstić information content (AvgIpc) is 2.43. The molecule has 1 aliphatic heterocycles. The quantitative estimate of drug-likeness (QED) is 0.842. The summed E-state index contributed by atoms with van der Waals surface area (Å²) in [6, 6.07) is 7.22. The highest BCUT2D eigenvalue weighted by Gasteiger charge is 2.24. The number of rotatable bonds is 2. The third-order valence-electron chi connectivity index (χ3n) is 3.86. The molecule has 2 aromatic rings. The van der Waals surface area contributed by atoms with E-state index in [-0.39, 0.29) is 11.9 Å². The molecule has 1 aliphatic rings. The molecular formula is C16H19FN2O. The molecule has 4 heteroatoms. The van der Waals surface area contributed by atoms with E-state index in [1.807, 2.05) is 12.1 Å². The molecule has 3 rings (SSSR count). The van der Waals surface area contributed by atoms with E-state index in [0.29, 0.717) is 12.6 Å². The van der Waals surface area contributed by atoms with Crippen LogP contribution < -0.4 is 0 Å². The average molecular weight is 274 g/mol. The van der Waals surface area contributed by atoms with Gasteiger partial charge in [-0.05, 0) is 37.6 Å². The number of hydrogen-bond donors (Lipinski definition) is 0. The van der Waals surface area contributed by atoms with Crippen molar-refractivity contribution in [3.63, 3.8) is 0 Å². The van der Waals surface area contributed by atoms with Crippen LogP contribution in [0.2, 0.25) is 0 Å². The summed E-state index contributed by atoms with van der Waals surface area (Å²) >= 11 is 0. The summed E-state index contributed by atoms with van der Waals surface area (Å²) in [4.78, 5) is 6.74. The van der Waals surface area contributed by atoms with Crippen molar-refractivity contribution in [1.29, 1.82) is 0 Å². The Labute approximate surface area is 118 Å². The van der Waals surface area contributed by atoms with E-state index in [4.69, 9.17) is 4.74 Å². The molecule has 0 aliphatic carbocycles. The van der Waals surface area contributed by atoms with Crippen molar-refractivity contribution >= 4 is 10.9 Å². The number of aromatic nitrogens is 1. The van der Waals surface area contributed by atoms with E-state index in [0.717, 1.165) is 29.6 Å². The highest BCUT2D eigenvalue weighted by molar-refractivity contribution is 5.81. The maximum absolute atomic E-state index is 13.8. The van der Waals surface area contributed by atoms with Crippen LogP contribution in [0, 0.1) is 5.82 Å². The molecule has 1 aromatic heterocycles. The van der Waals surface area contributed by atoms with E-state index in [1.165, 1.54) is 6.07 Å². The molecule has 0 saturated carbocycles. The molecule has 0 spiro atoms. The van der Waals surface area contributed by atoms with Gasteiger partial charge in [0.15, 0.2) is 0 Å². The molecule has 106 valence electrons. The van der Waals surface area contributed by atoms with Crippen LogP contribution >= 0.6 is 0 Å². The smallest absolute Gasteiger partial charge is 0.124 e. The molecule has 2 heterocycles. The van der Waals surface area contributed by atoms with Crippen molar-refractivity contribution in [2.24, 2.45) is 0 Å². The van der Waals surface area contributed by atoms with E-state index < -0.39 is 0 Å². The summed E-state index contributed by atoms with van der Waals surface area (Å²) < 4.78 is 19.4. The summed E-state index contributed by atoms with van der Waals surface area (Å²) in [6.45, 7) is 6.51. The van der Waals surface area contributed by atoms with Gasteiger partial charge in [0, 0.05) is 30.7 Å². The lowest BCUT2D eigenvalue weighted by Crippen LogP contribution is -2.46. The number of fused-ring (bicyclic) bond motifs is 1. The van der Waals surface area contributed by atoms with Crippen LogP contribution in [-0.4, -0.2) is 35.2 Å². The monoisotopic (exact) mass is 274 g/mol. The molecule has 1 aromatic carbocycles. The second-order valence-corrected chi connectivity index (χ2v) is 5.56. The lowest BCUT2D eigenvalue weighted by Gasteiger charge is -2.36. The molecule has 2 atom stereocenters. The second kappa shape index (κ2) is 5.46. The van der Waals surface area contributed by atoms with Gasteiger partial charge in [-0.15, -0.1) is 0 Å². The molecule has 1 saturated heterocycles. The standard InChI is InChI=1S/C16H19FN2O/c1-11-10-20-12(2)8-19(11)9-14-7-15(17)6-13-4-3-5-18-16(13)14/h3-7,11-12H,8-10H2,1-2H3. The zero-order valence-electron chi connectivity index (χ0n) is 11.8. The number of nitrogens with zero attached hydrogens (tertiary/aromatic N) is 2. The molecule has 0 N–H and O–H groups in total. The SMILES string of the molecule is CC1CN(Cc2cc(F)cc3cccnc23)C(C)CO1. The van der Waals surface area contributed by atoms with Gasteiger partial charge >= 0.3 is 0 Å². The number of halogens is 1. The second-order valence-electron chi connectivity index (χ2n) is 5.56. The third-order valence-corrected chi connectivity index (χ3v) is 3.86. The summed E-state index contributed by atoms with van der Waals surface area (Å²) in [5.74, 6) is -0.200. The molecule has 0 bridgehead atoms. The number of hydrogen-bond acceptors (Lipinski definition) is 3. The summed E-state index contributed by atoms with van der Waals surface area (Å²) in [5.41, 5.74) is 1.83. The first kappa shape index (κ1) is 13.5. The number of pyridine rings is 1. The zero-order chi connectivity index (χ0) is 14.1. The fraction of sp³-hybridized carbons (Fsp3) is 0.438. The predicted octanol–water partition coefficient (Wildman–Crippen LogP) is 2.98. The molecular weight excluding hydrogens is 255 g/mol. The van der Waals surface area contributed by atoms with Gasteiger partial charge in [-0.25, -0.2) is 4.39 Å². The highest BCUT2D eigenvalue weighted by atomic mass is 19.1. The van der Waals surface area contributed by atoms with Gasteiger partial charge in [0.2, 0.25) is 0 Å². The van der Waals surface area contributed by atoms with E-state index in [2.05, 4.69) is 23.7 Å². The van der Waals surface area contributed by atoms with E-state index >= 15 is 0 Å². The first-order valence-electron chi connectivity index (χ1n) is 7.02. The molecule has 0 amide bonds. The van der Waals surface area contributed by atoms with Crippen molar-refractivity contribution in [3.05, 3.63) is 41.8 Å². The molecule has 0 radical (unpaired) electrons. The van der Waals surface area contributed by atoms with Gasteiger partial charge in [-0.1, -0.05) is 6.07 Å². The highest BCUT2D eigenvalue weighted by Crippen LogP contribution is 2.22. The Bertz CT molecular complexity index is 616. The van der Waals surface area contributed by atoms with Crippen LogP contribution in [0.25, 0.3) is 10.9 Å².